The first kappa shape index (κ1) is 20.9. The van der Waals surface area contributed by atoms with Gasteiger partial charge in [-0.1, -0.05) is 32.9 Å². The number of carbonyl (C=O) groups excluding carboxylic acids is 2. The lowest BCUT2D eigenvalue weighted by Crippen LogP contribution is -2.55. The molecule has 4 N–H and O–H groups in total. The van der Waals surface area contributed by atoms with E-state index in [2.05, 4.69) is 11.4 Å². The van der Waals surface area contributed by atoms with Gasteiger partial charge in [0.25, 0.3) is 0 Å². The predicted octanol–water partition coefficient (Wildman–Crippen LogP) is 1.07. The van der Waals surface area contributed by atoms with Crippen molar-refractivity contribution in [3.63, 3.8) is 0 Å². The van der Waals surface area contributed by atoms with Gasteiger partial charge >= 0.3 is 0 Å². The molecule has 3 unspecified atom stereocenters. The van der Waals surface area contributed by atoms with E-state index in [1.807, 2.05) is 27.7 Å². The van der Waals surface area contributed by atoms with Gasteiger partial charge in [0, 0.05) is 13.0 Å². The zero-order valence-corrected chi connectivity index (χ0v) is 16.3. The second-order valence-corrected chi connectivity index (χ2v) is 8.20. The number of β-amino-alcohol motifs (C(OH)–C–C–N with tert-alkyl or cyclic N) is 1. The highest BCUT2D eigenvalue weighted by Crippen LogP contribution is 2.25. The number of likely N-dealkylation sites (tertiary alicyclic amines) is 1. The maximum absolute atomic E-state index is 12.8. The Hall–Kier alpha value is -2.43. The quantitative estimate of drug-likeness (QED) is 0.730. The van der Waals surface area contributed by atoms with Crippen LogP contribution in [-0.4, -0.2) is 46.6 Å². The molecular weight excluding hydrogens is 344 g/mol. The van der Waals surface area contributed by atoms with E-state index >= 15 is 0 Å². The molecule has 7 nitrogen and oxygen atoms in total. The lowest BCUT2D eigenvalue weighted by Gasteiger charge is -2.32. The summed E-state index contributed by atoms with van der Waals surface area (Å²) in [4.78, 5) is 26.9. The number of amides is 2. The smallest absolute Gasteiger partial charge is 0.243 e. The van der Waals surface area contributed by atoms with Crippen LogP contribution in [0.3, 0.4) is 0 Å². The molecule has 2 amide bonds. The molecule has 7 heteroatoms. The summed E-state index contributed by atoms with van der Waals surface area (Å²) in [7, 11) is 0. The lowest BCUT2D eigenvalue weighted by atomic mass is 9.86. The third-order valence-corrected chi connectivity index (χ3v) is 4.96. The van der Waals surface area contributed by atoms with Crippen LogP contribution in [0.15, 0.2) is 24.3 Å². The molecule has 27 heavy (non-hydrogen) atoms. The van der Waals surface area contributed by atoms with E-state index in [0.29, 0.717) is 5.56 Å². The Balaban J connectivity index is 2.10. The molecule has 0 saturated carbocycles. The first-order chi connectivity index (χ1) is 12.5. The van der Waals surface area contributed by atoms with Crippen molar-refractivity contribution in [2.24, 2.45) is 11.1 Å². The van der Waals surface area contributed by atoms with Crippen LogP contribution in [0.4, 0.5) is 0 Å². The summed E-state index contributed by atoms with van der Waals surface area (Å²) in [6, 6.07) is 7.20. The molecule has 1 aliphatic heterocycles. The fourth-order valence-corrected chi connectivity index (χ4v) is 3.09. The summed E-state index contributed by atoms with van der Waals surface area (Å²) in [5.74, 6) is -0.650. The second kappa shape index (κ2) is 8.07. The second-order valence-electron chi connectivity index (χ2n) is 8.20. The van der Waals surface area contributed by atoms with Crippen LogP contribution in [0.2, 0.25) is 0 Å². The molecular formula is C20H28N4O3. The highest BCUT2D eigenvalue weighted by molar-refractivity contribution is 5.91. The Morgan fingerprint density at radius 2 is 1.93 bits per heavy atom. The lowest BCUT2D eigenvalue weighted by molar-refractivity contribution is -0.141. The van der Waals surface area contributed by atoms with Gasteiger partial charge in [-0.2, -0.15) is 5.26 Å². The summed E-state index contributed by atoms with van der Waals surface area (Å²) >= 11 is 0. The number of nitriles is 1. The molecule has 1 fully saturated rings. The summed E-state index contributed by atoms with van der Waals surface area (Å²) in [5, 5.41) is 21.8. The summed E-state index contributed by atoms with van der Waals surface area (Å²) in [6.07, 6.45) is -0.559. The zero-order valence-electron chi connectivity index (χ0n) is 16.3. The maximum atomic E-state index is 12.8. The van der Waals surface area contributed by atoms with Gasteiger partial charge in [0.1, 0.15) is 6.04 Å². The van der Waals surface area contributed by atoms with Crippen LogP contribution in [0.1, 0.15) is 51.3 Å². The normalized spacial score (nSPS) is 22.0. The Morgan fingerprint density at radius 1 is 1.33 bits per heavy atom. The van der Waals surface area contributed by atoms with Gasteiger partial charge in [-0.15, -0.1) is 0 Å². The molecule has 1 saturated heterocycles. The topological polar surface area (TPSA) is 119 Å². The summed E-state index contributed by atoms with van der Waals surface area (Å²) in [6.45, 7) is 7.53. The number of benzene rings is 1. The molecule has 1 aromatic rings. The van der Waals surface area contributed by atoms with Crippen molar-refractivity contribution in [3.8, 4) is 6.07 Å². The first-order valence-electron chi connectivity index (χ1n) is 9.09. The van der Waals surface area contributed by atoms with E-state index in [4.69, 9.17) is 11.0 Å². The molecule has 0 aliphatic carbocycles. The number of rotatable bonds is 4. The van der Waals surface area contributed by atoms with Crippen molar-refractivity contribution in [1.82, 2.24) is 10.2 Å². The number of nitrogens with zero attached hydrogens (tertiary/aromatic N) is 2. The minimum absolute atomic E-state index is 0.103. The molecule has 0 radical (unpaired) electrons. The number of hydrogen-bond acceptors (Lipinski definition) is 5. The third kappa shape index (κ3) is 4.85. The first-order valence-corrected chi connectivity index (χ1v) is 9.09. The Morgan fingerprint density at radius 3 is 2.44 bits per heavy atom. The van der Waals surface area contributed by atoms with E-state index in [9.17, 15) is 14.7 Å². The fourth-order valence-electron chi connectivity index (χ4n) is 3.09. The van der Waals surface area contributed by atoms with Gasteiger partial charge in [-0.3, -0.25) is 9.59 Å². The average Bonchev–Trinajstić information content (AvgIpc) is 3.01. The minimum Gasteiger partial charge on any atom is -0.391 e. The third-order valence-electron chi connectivity index (χ3n) is 4.96. The van der Waals surface area contributed by atoms with E-state index in [-0.39, 0.29) is 30.8 Å². The van der Waals surface area contributed by atoms with Crippen LogP contribution in [0, 0.1) is 16.7 Å². The van der Waals surface area contributed by atoms with Gasteiger partial charge in [0.05, 0.1) is 29.8 Å². The van der Waals surface area contributed by atoms with Crippen LogP contribution < -0.4 is 11.1 Å². The average molecular weight is 372 g/mol. The van der Waals surface area contributed by atoms with Crippen molar-refractivity contribution in [2.75, 3.05) is 6.54 Å². The van der Waals surface area contributed by atoms with Gasteiger partial charge in [-0.25, -0.2) is 0 Å². The van der Waals surface area contributed by atoms with Crippen molar-refractivity contribution < 1.29 is 14.7 Å². The molecule has 2 rings (SSSR count). The Bertz CT molecular complexity index is 733. The van der Waals surface area contributed by atoms with Gasteiger partial charge < -0.3 is 21.1 Å². The molecule has 1 aromatic carbocycles. The van der Waals surface area contributed by atoms with Crippen molar-refractivity contribution in [2.45, 2.75) is 58.3 Å². The largest absolute Gasteiger partial charge is 0.391 e. The number of carbonyl (C=O) groups is 2. The van der Waals surface area contributed by atoms with E-state index in [1.165, 1.54) is 4.90 Å². The highest BCUT2D eigenvalue weighted by atomic mass is 16.3. The zero-order chi connectivity index (χ0) is 20.4. The predicted molar refractivity (Wildman–Crippen MR) is 101 cm³/mol. The monoisotopic (exact) mass is 372 g/mol. The molecule has 0 bridgehead atoms. The van der Waals surface area contributed by atoms with Crippen LogP contribution >= 0.6 is 0 Å². The number of aliphatic hydroxyl groups is 1. The molecule has 146 valence electrons. The summed E-state index contributed by atoms with van der Waals surface area (Å²) in [5.41, 5.74) is 7.03. The van der Waals surface area contributed by atoms with Crippen molar-refractivity contribution in [1.29, 1.82) is 5.26 Å². The van der Waals surface area contributed by atoms with Crippen LogP contribution in [0.25, 0.3) is 0 Å². The van der Waals surface area contributed by atoms with Gasteiger partial charge in [0.15, 0.2) is 0 Å². The fraction of sp³-hybridized carbons (Fsp3) is 0.550. The molecule has 0 spiro atoms. The SMILES string of the molecule is CC(NC(=O)C1CC(O)CN1C(=O)[C@@H](N)C(C)(C)C)c1ccc(C#N)cc1. The van der Waals surface area contributed by atoms with E-state index < -0.39 is 23.6 Å². The number of aliphatic hydroxyl groups excluding tert-OH is 1. The minimum atomic E-state index is -0.756. The number of nitrogens with two attached hydrogens (primary N) is 1. The molecule has 1 heterocycles. The van der Waals surface area contributed by atoms with E-state index in [0.717, 1.165) is 5.56 Å². The number of hydrogen-bond donors (Lipinski definition) is 3. The van der Waals surface area contributed by atoms with Gasteiger partial charge in [-0.05, 0) is 30.0 Å². The molecule has 1 aliphatic rings. The van der Waals surface area contributed by atoms with Gasteiger partial charge in [0.2, 0.25) is 11.8 Å². The van der Waals surface area contributed by atoms with Crippen molar-refractivity contribution in [3.05, 3.63) is 35.4 Å². The Kier molecular flexibility index (Phi) is 6.24. The molecule has 0 aromatic heterocycles. The standard InChI is InChI=1S/C20H28N4O3/c1-12(14-7-5-13(10-21)6-8-14)23-18(26)16-9-15(25)11-24(16)19(27)17(22)20(2,3)4/h5-8,12,15-17,25H,9,11,22H2,1-4H3,(H,23,26)/t12?,15?,16?,17-/m1/s1. The highest BCUT2D eigenvalue weighted by Gasteiger charge is 2.42. The van der Waals surface area contributed by atoms with Crippen LogP contribution in [0.5, 0.6) is 0 Å². The maximum Gasteiger partial charge on any atom is 0.243 e. The Labute approximate surface area is 160 Å². The number of nitrogens with one attached hydrogen (secondary N) is 1. The van der Waals surface area contributed by atoms with Crippen LogP contribution in [-0.2, 0) is 9.59 Å². The molecule has 4 atom stereocenters. The summed E-state index contributed by atoms with van der Waals surface area (Å²) < 4.78 is 0. The van der Waals surface area contributed by atoms with E-state index in [1.54, 1.807) is 24.3 Å². The van der Waals surface area contributed by atoms with Crippen molar-refractivity contribution >= 4 is 11.8 Å².